The molecule has 1 rings (SSSR count). The van der Waals surface area contributed by atoms with Crippen molar-refractivity contribution >= 4 is 22.3 Å². The second kappa shape index (κ2) is 5.91. The molecule has 0 aliphatic rings. The molecule has 0 bridgehead atoms. The summed E-state index contributed by atoms with van der Waals surface area (Å²) in [6.07, 6.45) is 0. The molecule has 9 heteroatoms. The van der Waals surface area contributed by atoms with Crippen LogP contribution in [0.3, 0.4) is 0 Å². The summed E-state index contributed by atoms with van der Waals surface area (Å²) >= 11 is 0. The second-order valence-electron chi connectivity index (χ2n) is 3.09. The first-order chi connectivity index (χ1) is 8.34. The van der Waals surface area contributed by atoms with E-state index in [9.17, 15) is 23.3 Å². The van der Waals surface area contributed by atoms with E-state index in [1.165, 1.54) is 19.1 Å². The van der Waals surface area contributed by atoms with E-state index in [1.54, 1.807) is 0 Å². The molecule has 0 radical (unpaired) electrons. The van der Waals surface area contributed by atoms with E-state index in [-0.39, 0.29) is 17.9 Å². The number of hydrogen-bond donors (Lipinski definition) is 1. The van der Waals surface area contributed by atoms with Crippen molar-refractivity contribution in [2.75, 3.05) is 6.54 Å². The Balaban J connectivity index is 3.01. The number of nitrogens with one attached hydrogen (secondary N) is 1. The molecular weight excluding hydrogens is 271 g/mol. The zero-order valence-corrected chi connectivity index (χ0v) is 10.1. The van der Waals surface area contributed by atoms with E-state index in [4.69, 9.17) is 0 Å². The lowest BCUT2D eigenvalue weighted by Crippen LogP contribution is -2.29. The highest BCUT2D eigenvalue weighted by atomic mass is 32.2. The highest BCUT2D eigenvalue weighted by Gasteiger charge is 2.34. The zero-order chi connectivity index (χ0) is 13.8. The van der Waals surface area contributed by atoms with Gasteiger partial charge in [-0.1, -0.05) is 6.92 Å². The summed E-state index contributed by atoms with van der Waals surface area (Å²) in [5.74, 6) is 0. The maximum atomic E-state index is 12.5. The lowest BCUT2D eigenvalue weighted by atomic mass is 10.3. The third-order valence-electron chi connectivity index (χ3n) is 1.76. The molecule has 0 saturated heterocycles. The topological polar surface area (TPSA) is 67.5 Å². The molecule has 1 aromatic rings. The van der Waals surface area contributed by atoms with E-state index in [1.807, 2.05) is 0 Å². The Bertz CT molecular complexity index is 459. The van der Waals surface area contributed by atoms with Gasteiger partial charge in [-0.3, -0.25) is 10.1 Å². The molecule has 1 unspecified atom stereocenters. The minimum absolute atomic E-state index is 0.0437. The van der Waals surface area contributed by atoms with Crippen LogP contribution in [0.15, 0.2) is 28.6 Å². The fourth-order valence-corrected chi connectivity index (χ4v) is 1.98. The number of hydrogen-bond acceptors (Lipinski definition) is 3. The van der Waals surface area contributed by atoms with Crippen LogP contribution in [-0.2, 0) is 10.9 Å². The second-order valence-corrected chi connectivity index (χ2v) is 4.60. The van der Waals surface area contributed by atoms with Gasteiger partial charge in [-0.25, -0.2) is 9.08 Å². The largest absolute Gasteiger partial charge is 0.466 e. The van der Waals surface area contributed by atoms with Crippen LogP contribution in [-0.4, -0.2) is 17.0 Å². The first-order valence-electron chi connectivity index (χ1n) is 4.85. The lowest BCUT2D eigenvalue weighted by molar-refractivity contribution is -0.384. The molecular formula is C9H10F3N3O2S. The highest BCUT2D eigenvalue weighted by Crippen LogP contribution is 2.25. The molecule has 5 nitrogen and oxygen atoms in total. The summed E-state index contributed by atoms with van der Waals surface area (Å²) in [5.41, 5.74) is -4.62. The minimum atomic E-state index is -4.47. The summed E-state index contributed by atoms with van der Waals surface area (Å²) in [7, 11) is -2.30. The first-order valence-corrected chi connectivity index (χ1v) is 6.03. The van der Waals surface area contributed by atoms with Crippen LogP contribution in [0.25, 0.3) is 0 Å². The summed E-state index contributed by atoms with van der Waals surface area (Å²) in [6.45, 7) is 1.66. The Morgan fingerprint density at radius 3 is 2.33 bits per heavy atom. The Labute approximate surface area is 103 Å². The predicted octanol–water partition coefficient (Wildman–Crippen LogP) is 3.07. The van der Waals surface area contributed by atoms with Gasteiger partial charge in [0, 0.05) is 18.7 Å². The van der Waals surface area contributed by atoms with Crippen molar-refractivity contribution in [3.8, 4) is 0 Å². The first kappa shape index (κ1) is 14.6. The molecule has 0 spiro atoms. The SMILES string of the molecule is CCNS(=Nc1ccc([N+](=O)[O-])cc1)C(F)(F)F. The summed E-state index contributed by atoms with van der Waals surface area (Å²) in [6, 6.07) is 4.59. The average Bonchev–Trinajstić information content (AvgIpc) is 2.28. The van der Waals surface area contributed by atoms with Crippen molar-refractivity contribution in [3.05, 3.63) is 34.4 Å². The van der Waals surface area contributed by atoms with Gasteiger partial charge in [0.2, 0.25) is 0 Å². The number of alkyl halides is 3. The van der Waals surface area contributed by atoms with Gasteiger partial charge in [0.15, 0.2) is 0 Å². The number of nitro groups is 1. The van der Waals surface area contributed by atoms with Gasteiger partial charge in [-0.05, 0) is 12.1 Å². The lowest BCUT2D eigenvalue weighted by Gasteiger charge is -2.11. The van der Waals surface area contributed by atoms with Gasteiger partial charge in [-0.2, -0.15) is 13.2 Å². The molecule has 0 aromatic heterocycles. The smallest absolute Gasteiger partial charge is 0.258 e. The fraction of sp³-hybridized carbons (Fsp3) is 0.333. The molecule has 1 aromatic carbocycles. The highest BCUT2D eigenvalue weighted by molar-refractivity contribution is 7.86. The molecule has 0 heterocycles. The van der Waals surface area contributed by atoms with Crippen molar-refractivity contribution < 1.29 is 18.1 Å². The number of non-ortho nitro benzene ring substituents is 1. The van der Waals surface area contributed by atoms with Crippen LogP contribution in [0.1, 0.15) is 6.92 Å². The van der Waals surface area contributed by atoms with Crippen LogP contribution in [0.4, 0.5) is 24.5 Å². The Morgan fingerprint density at radius 2 is 1.94 bits per heavy atom. The van der Waals surface area contributed by atoms with Gasteiger partial charge in [0.05, 0.1) is 21.5 Å². The van der Waals surface area contributed by atoms with E-state index in [0.29, 0.717) is 0 Å². The predicted molar refractivity (Wildman–Crippen MR) is 62.3 cm³/mol. The number of halogens is 3. The average molecular weight is 281 g/mol. The maximum absolute atomic E-state index is 12.5. The number of rotatable bonds is 4. The standard InChI is InChI=1S/C9H10F3N3O2S/c1-2-13-18(9(10,11)12)14-7-3-5-8(6-4-7)15(16)17/h3-6H,2H2,1H3,(H,13,14). The maximum Gasteiger partial charge on any atom is 0.466 e. The van der Waals surface area contributed by atoms with Crippen molar-refractivity contribution in [1.82, 2.24) is 4.72 Å². The van der Waals surface area contributed by atoms with Crippen LogP contribution in [0.2, 0.25) is 0 Å². The van der Waals surface area contributed by atoms with Crippen molar-refractivity contribution in [1.29, 1.82) is 0 Å². The van der Waals surface area contributed by atoms with Gasteiger partial charge >= 0.3 is 5.51 Å². The molecule has 18 heavy (non-hydrogen) atoms. The normalized spacial score (nSPS) is 13.6. The third kappa shape index (κ3) is 4.08. The van der Waals surface area contributed by atoms with Gasteiger partial charge in [0.25, 0.3) is 5.69 Å². The minimum Gasteiger partial charge on any atom is -0.258 e. The monoisotopic (exact) mass is 281 g/mol. The van der Waals surface area contributed by atoms with E-state index < -0.39 is 21.3 Å². The molecule has 0 aliphatic heterocycles. The molecule has 0 saturated carbocycles. The van der Waals surface area contributed by atoms with Crippen molar-refractivity contribution in [2.24, 2.45) is 4.36 Å². The van der Waals surface area contributed by atoms with Crippen LogP contribution >= 0.6 is 0 Å². The summed E-state index contributed by atoms with van der Waals surface area (Å²) < 4.78 is 43.3. The van der Waals surface area contributed by atoms with E-state index >= 15 is 0 Å². The van der Waals surface area contributed by atoms with Crippen molar-refractivity contribution in [3.63, 3.8) is 0 Å². The molecule has 0 amide bonds. The molecule has 1 N–H and O–H groups in total. The quantitative estimate of drug-likeness (QED) is 0.681. The van der Waals surface area contributed by atoms with Crippen LogP contribution < -0.4 is 4.72 Å². The fourth-order valence-electron chi connectivity index (χ4n) is 1.04. The molecule has 0 aliphatic carbocycles. The Morgan fingerprint density at radius 1 is 1.39 bits per heavy atom. The molecule has 0 fully saturated rings. The van der Waals surface area contributed by atoms with Gasteiger partial charge < -0.3 is 0 Å². The summed E-state index contributed by atoms with van der Waals surface area (Å²) in [4.78, 5) is 9.75. The van der Waals surface area contributed by atoms with Gasteiger partial charge in [0.1, 0.15) is 0 Å². The molecule has 100 valence electrons. The molecule has 1 atom stereocenters. The third-order valence-corrected chi connectivity index (χ3v) is 3.15. The Kier molecular flexibility index (Phi) is 4.79. The number of benzene rings is 1. The zero-order valence-electron chi connectivity index (χ0n) is 9.27. The van der Waals surface area contributed by atoms with Gasteiger partial charge in [-0.15, -0.1) is 0 Å². The van der Waals surface area contributed by atoms with E-state index in [0.717, 1.165) is 12.1 Å². The number of nitro benzene ring substituents is 1. The van der Waals surface area contributed by atoms with Crippen molar-refractivity contribution in [2.45, 2.75) is 12.4 Å². The van der Waals surface area contributed by atoms with Crippen LogP contribution in [0.5, 0.6) is 0 Å². The Hall–Kier alpha value is -1.48. The number of nitrogens with zero attached hydrogens (tertiary/aromatic N) is 2. The van der Waals surface area contributed by atoms with E-state index in [2.05, 4.69) is 9.08 Å². The van der Waals surface area contributed by atoms with Crippen LogP contribution in [0, 0.1) is 10.1 Å². The summed E-state index contributed by atoms with van der Waals surface area (Å²) in [5, 5.41) is 10.4.